The van der Waals surface area contributed by atoms with Gasteiger partial charge in [0.2, 0.25) is 5.91 Å². The Hall–Kier alpha value is -2.91. The third-order valence-corrected chi connectivity index (χ3v) is 8.67. The van der Waals surface area contributed by atoms with Gasteiger partial charge in [-0.05, 0) is 82.6 Å². The number of phenolic OH excluding ortho intramolecular Hbond substituents is 1. The number of likely N-dealkylation sites (tertiary alicyclic amines) is 1. The lowest BCUT2D eigenvalue weighted by atomic mass is 9.59. The van der Waals surface area contributed by atoms with Crippen LogP contribution in [0.15, 0.2) is 42.5 Å². The molecule has 9 heteroatoms. The van der Waals surface area contributed by atoms with Crippen molar-refractivity contribution in [3.63, 3.8) is 0 Å². The largest absolute Gasteiger partial charge is 0.508 e. The average Bonchev–Trinajstić information content (AvgIpc) is 3.42. The quantitative estimate of drug-likeness (QED) is 0.317. The smallest absolute Gasteiger partial charge is 0.258 e. The summed E-state index contributed by atoms with van der Waals surface area (Å²) in [5.74, 6) is -2.70. The molecule has 218 valence electrons. The topological polar surface area (TPSA) is 72.9 Å². The van der Waals surface area contributed by atoms with Crippen molar-refractivity contribution in [3.05, 3.63) is 65.0 Å². The van der Waals surface area contributed by atoms with Crippen molar-refractivity contribution in [1.82, 2.24) is 15.1 Å². The van der Waals surface area contributed by atoms with E-state index in [1.165, 1.54) is 23.1 Å². The molecule has 2 fully saturated rings. The minimum Gasteiger partial charge on any atom is -0.508 e. The maximum Gasteiger partial charge on any atom is 0.258 e. The van der Waals surface area contributed by atoms with Crippen LogP contribution in [0.1, 0.15) is 59.5 Å². The zero-order valence-corrected chi connectivity index (χ0v) is 23.5. The molecule has 4 rings (SSSR count). The number of carbonyl (C=O) groups excluding carboxylic acids is 2. The Labute approximate surface area is 234 Å². The summed E-state index contributed by atoms with van der Waals surface area (Å²) in [4.78, 5) is 32.0. The third-order valence-electron chi connectivity index (χ3n) is 8.67. The molecule has 0 unspecified atom stereocenters. The molecule has 0 saturated carbocycles. The number of amides is 1. The number of unbranched alkanes of at least 4 members (excludes halogenated alkanes) is 1. The Morgan fingerprint density at radius 2 is 1.93 bits per heavy atom. The van der Waals surface area contributed by atoms with Crippen molar-refractivity contribution in [2.24, 2.45) is 11.3 Å². The SMILES string of the molecule is Cc1c(F)cccc1[C@H]1[C@@H](C(=O)c2cccc(O)c2)CNC[C@@]1(CCCCN(C)C)C(=O)N1CCC[C@H]1C(F)F. The number of aromatic hydroxyl groups is 1. The minimum atomic E-state index is -2.67. The molecule has 6 nitrogen and oxygen atoms in total. The lowest BCUT2D eigenvalue weighted by molar-refractivity contribution is -0.150. The van der Waals surface area contributed by atoms with E-state index in [0.29, 0.717) is 30.4 Å². The highest BCUT2D eigenvalue weighted by Gasteiger charge is 2.56. The first-order valence-corrected chi connectivity index (χ1v) is 14.1. The van der Waals surface area contributed by atoms with Crippen LogP contribution >= 0.6 is 0 Å². The standard InChI is InChI=1S/C31H40F3N3O3/c1-20-23(11-7-12-25(20)32)27-24(28(39)21-9-6-10-22(38)17-21)18-35-19-31(27,14-4-5-15-36(2)3)30(40)37-16-8-13-26(37)29(33)34/h6-7,9-12,17,24,26-27,29,35,38H,4-5,8,13-16,18-19H2,1-3H3/t24-,26-,27-,31+/m0/s1. The zero-order chi connectivity index (χ0) is 29.0. The lowest BCUT2D eigenvalue weighted by Crippen LogP contribution is -2.61. The van der Waals surface area contributed by atoms with Gasteiger partial charge in [0, 0.05) is 37.0 Å². The summed E-state index contributed by atoms with van der Waals surface area (Å²) in [6.07, 6.45) is -0.184. The summed E-state index contributed by atoms with van der Waals surface area (Å²) in [6.45, 7) is 3.09. The second kappa shape index (κ2) is 12.7. The number of halogens is 3. The van der Waals surface area contributed by atoms with E-state index in [2.05, 4.69) is 5.32 Å². The van der Waals surface area contributed by atoms with Crippen LogP contribution in [0.5, 0.6) is 5.75 Å². The second-order valence-electron chi connectivity index (χ2n) is 11.5. The van der Waals surface area contributed by atoms with E-state index >= 15 is 4.39 Å². The molecule has 40 heavy (non-hydrogen) atoms. The molecule has 2 aromatic carbocycles. The summed E-state index contributed by atoms with van der Waals surface area (Å²) in [5.41, 5.74) is -0.0555. The zero-order valence-electron chi connectivity index (χ0n) is 23.5. The summed E-state index contributed by atoms with van der Waals surface area (Å²) in [7, 11) is 3.92. The molecule has 0 spiro atoms. The first-order valence-electron chi connectivity index (χ1n) is 14.1. The van der Waals surface area contributed by atoms with Crippen LogP contribution in [-0.2, 0) is 4.79 Å². The van der Waals surface area contributed by atoms with Gasteiger partial charge in [-0.2, -0.15) is 0 Å². The van der Waals surface area contributed by atoms with E-state index < -0.39 is 41.4 Å². The Kier molecular flexibility index (Phi) is 9.56. The molecule has 1 amide bonds. The molecular weight excluding hydrogens is 519 g/mol. The van der Waals surface area contributed by atoms with Crippen molar-refractivity contribution < 1.29 is 27.9 Å². The van der Waals surface area contributed by atoms with Gasteiger partial charge in [-0.3, -0.25) is 9.59 Å². The number of hydrogen-bond acceptors (Lipinski definition) is 5. The van der Waals surface area contributed by atoms with Crippen LogP contribution in [0.2, 0.25) is 0 Å². The molecule has 0 radical (unpaired) electrons. The number of nitrogens with one attached hydrogen (secondary N) is 1. The first kappa shape index (κ1) is 30.1. The van der Waals surface area contributed by atoms with Gasteiger partial charge in [-0.15, -0.1) is 0 Å². The normalized spacial score (nSPS) is 25.1. The summed E-state index contributed by atoms with van der Waals surface area (Å²) in [6, 6.07) is 9.56. The number of rotatable bonds is 10. The van der Waals surface area contributed by atoms with Crippen LogP contribution in [0.4, 0.5) is 13.2 Å². The van der Waals surface area contributed by atoms with Crippen LogP contribution in [0.3, 0.4) is 0 Å². The van der Waals surface area contributed by atoms with Crippen molar-refractivity contribution in [3.8, 4) is 5.75 Å². The monoisotopic (exact) mass is 559 g/mol. The van der Waals surface area contributed by atoms with E-state index in [1.54, 1.807) is 31.2 Å². The van der Waals surface area contributed by atoms with E-state index in [-0.39, 0.29) is 43.2 Å². The molecule has 2 N–H and O–H groups in total. The molecular formula is C31H40F3N3O3. The van der Waals surface area contributed by atoms with Gasteiger partial charge in [0.05, 0.1) is 11.5 Å². The van der Waals surface area contributed by atoms with Crippen molar-refractivity contribution in [1.29, 1.82) is 0 Å². The van der Waals surface area contributed by atoms with E-state index in [9.17, 15) is 23.5 Å². The van der Waals surface area contributed by atoms with Gasteiger partial charge in [0.15, 0.2) is 5.78 Å². The summed E-state index contributed by atoms with van der Waals surface area (Å²) in [5, 5.41) is 13.4. The summed E-state index contributed by atoms with van der Waals surface area (Å²) >= 11 is 0. The Morgan fingerprint density at radius 1 is 1.18 bits per heavy atom. The van der Waals surface area contributed by atoms with Crippen LogP contribution in [0, 0.1) is 24.1 Å². The van der Waals surface area contributed by atoms with Crippen LogP contribution in [-0.4, -0.2) is 79.3 Å². The second-order valence-corrected chi connectivity index (χ2v) is 11.5. The fourth-order valence-electron chi connectivity index (χ4n) is 6.68. The van der Waals surface area contributed by atoms with E-state index in [1.807, 2.05) is 19.0 Å². The van der Waals surface area contributed by atoms with Gasteiger partial charge in [0.25, 0.3) is 6.43 Å². The van der Waals surface area contributed by atoms with Gasteiger partial charge in [-0.25, -0.2) is 13.2 Å². The Morgan fingerprint density at radius 3 is 2.62 bits per heavy atom. The highest BCUT2D eigenvalue weighted by Crippen LogP contribution is 2.51. The van der Waals surface area contributed by atoms with E-state index in [0.717, 1.165) is 13.0 Å². The van der Waals surface area contributed by atoms with Crippen LogP contribution in [0.25, 0.3) is 0 Å². The fraction of sp³-hybridized carbons (Fsp3) is 0.548. The minimum absolute atomic E-state index is 0.0593. The molecule has 2 heterocycles. The molecule has 0 aliphatic carbocycles. The maximum absolute atomic E-state index is 15.0. The van der Waals surface area contributed by atoms with Gasteiger partial charge >= 0.3 is 0 Å². The predicted molar refractivity (Wildman–Crippen MR) is 148 cm³/mol. The first-order chi connectivity index (χ1) is 19.1. The van der Waals surface area contributed by atoms with E-state index in [4.69, 9.17) is 0 Å². The van der Waals surface area contributed by atoms with Gasteiger partial charge in [0.1, 0.15) is 11.6 Å². The lowest BCUT2D eigenvalue weighted by Gasteiger charge is -2.50. The number of hydrogen-bond donors (Lipinski definition) is 2. The van der Waals surface area contributed by atoms with Crippen molar-refractivity contribution >= 4 is 11.7 Å². The highest BCUT2D eigenvalue weighted by atomic mass is 19.3. The molecule has 0 aromatic heterocycles. The van der Waals surface area contributed by atoms with Gasteiger partial charge < -0.3 is 20.2 Å². The predicted octanol–water partition coefficient (Wildman–Crippen LogP) is 5.00. The fourth-order valence-corrected chi connectivity index (χ4v) is 6.68. The number of phenols is 1. The van der Waals surface area contributed by atoms with Crippen molar-refractivity contribution in [2.75, 3.05) is 40.3 Å². The molecule has 2 saturated heterocycles. The molecule has 2 aliphatic rings. The Bertz CT molecular complexity index is 1210. The molecule has 0 bridgehead atoms. The number of piperidine rings is 1. The number of benzene rings is 2. The number of Topliss-reactive ketones (excluding diaryl/α,β-unsaturated/α-hetero) is 1. The number of alkyl halides is 2. The number of ketones is 1. The summed E-state index contributed by atoms with van der Waals surface area (Å²) < 4.78 is 43.2. The molecule has 2 aliphatic heterocycles. The highest BCUT2D eigenvalue weighted by molar-refractivity contribution is 6.00. The Balaban J connectivity index is 1.87. The number of nitrogens with zero attached hydrogens (tertiary/aromatic N) is 2. The van der Waals surface area contributed by atoms with Crippen molar-refractivity contribution in [2.45, 2.75) is 57.4 Å². The third kappa shape index (κ3) is 6.05. The molecule has 4 atom stereocenters. The molecule has 2 aromatic rings. The van der Waals surface area contributed by atoms with Gasteiger partial charge in [-0.1, -0.05) is 30.7 Å². The average molecular weight is 560 g/mol. The van der Waals surface area contributed by atoms with Crippen LogP contribution < -0.4 is 5.32 Å². The maximum atomic E-state index is 15.0. The number of carbonyl (C=O) groups is 2.